The summed E-state index contributed by atoms with van der Waals surface area (Å²) in [4.78, 5) is 31.4. The second-order valence-electron chi connectivity index (χ2n) is 5.61. The van der Waals surface area contributed by atoms with Crippen LogP contribution >= 0.6 is 0 Å². The van der Waals surface area contributed by atoms with E-state index < -0.39 is 0 Å². The molecule has 6 nitrogen and oxygen atoms in total. The highest BCUT2D eigenvalue weighted by atomic mass is 16.5. The minimum absolute atomic E-state index is 0.00971. The Morgan fingerprint density at radius 1 is 1.36 bits per heavy atom. The highest BCUT2D eigenvalue weighted by molar-refractivity contribution is 5.96. The van der Waals surface area contributed by atoms with Gasteiger partial charge in [0.1, 0.15) is 11.7 Å². The van der Waals surface area contributed by atoms with E-state index >= 15 is 0 Å². The van der Waals surface area contributed by atoms with E-state index in [-0.39, 0.29) is 17.9 Å². The average molecular weight is 305 g/mol. The first-order valence-electron chi connectivity index (χ1n) is 7.64. The number of nitrogens with zero attached hydrogens (tertiary/aromatic N) is 3. The van der Waals surface area contributed by atoms with E-state index in [1.165, 1.54) is 4.90 Å². The van der Waals surface area contributed by atoms with Crippen molar-refractivity contribution in [1.29, 1.82) is 0 Å². The van der Waals surface area contributed by atoms with Gasteiger partial charge in [-0.15, -0.1) is 0 Å². The van der Waals surface area contributed by atoms with E-state index in [2.05, 4.69) is 4.98 Å². The number of likely N-dealkylation sites (tertiary alicyclic amines) is 1. The van der Waals surface area contributed by atoms with Gasteiger partial charge in [-0.25, -0.2) is 4.98 Å². The SMILES string of the molecule is CCC(=O)N1CCC(Oc2ncccc2C(=O)N(C)C)CC1. The van der Waals surface area contributed by atoms with Crippen LogP contribution in [0.2, 0.25) is 0 Å². The predicted molar refractivity (Wildman–Crippen MR) is 82.8 cm³/mol. The lowest BCUT2D eigenvalue weighted by Gasteiger charge is -2.32. The molecule has 1 aliphatic rings. The molecule has 0 bridgehead atoms. The first-order valence-corrected chi connectivity index (χ1v) is 7.64. The summed E-state index contributed by atoms with van der Waals surface area (Å²) in [7, 11) is 3.40. The fraction of sp³-hybridized carbons (Fsp3) is 0.562. The van der Waals surface area contributed by atoms with Crippen LogP contribution < -0.4 is 4.74 Å². The second kappa shape index (κ2) is 7.24. The zero-order chi connectivity index (χ0) is 16.1. The number of amides is 2. The summed E-state index contributed by atoms with van der Waals surface area (Å²) < 4.78 is 5.92. The van der Waals surface area contributed by atoms with E-state index in [4.69, 9.17) is 4.74 Å². The van der Waals surface area contributed by atoms with Gasteiger partial charge in [-0.2, -0.15) is 0 Å². The third kappa shape index (κ3) is 3.75. The summed E-state index contributed by atoms with van der Waals surface area (Å²) in [6.07, 6.45) is 3.67. The van der Waals surface area contributed by atoms with Gasteiger partial charge in [0.05, 0.1) is 0 Å². The molecule has 6 heteroatoms. The Kier molecular flexibility index (Phi) is 5.35. The zero-order valence-corrected chi connectivity index (χ0v) is 13.4. The molecule has 0 aliphatic carbocycles. The number of rotatable bonds is 4. The van der Waals surface area contributed by atoms with Crippen LogP contribution in [0.15, 0.2) is 18.3 Å². The van der Waals surface area contributed by atoms with Crippen LogP contribution in [0.1, 0.15) is 36.5 Å². The van der Waals surface area contributed by atoms with Gasteiger partial charge in [-0.3, -0.25) is 9.59 Å². The molecular formula is C16H23N3O3. The number of pyridine rings is 1. The number of aromatic nitrogens is 1. The molecule has 0 spiro atoms. The fourth-order valence-electron chi connectivity index (χ4n) is 2.49. The normalized spacial score (nSPS) is 15.5. The van der Waals surface area contributed by atoms with Gasteiger partial charge < -0.3 is 14.5 Å². The molecule has 1 aromatic heterocycles. The largest absolute Gasteiger partial charge is 0.474 e. The average Bonchev–Trinajstić information content (AvgIpc) is 2.54. The van der Waals surface area contributed by atoms with Crippen LogP contribution in [0.4, 0.5) is 0 Å². The molecule has 0 atom stereocenters. The lowest BCUT2D eigenvalue weighted by atomic mass is 10.1. The Balaban J connectivity index is 2.01. The molecule has 0 aromatic carbocycles. The maximum atomic E-state index is 12.1. The minimum Gasteiger partial charge on any atom is -0.474 e. The van der Waals surface area contributed by atoms with Crippen molar-refractivity contribution in [2.45, 2.75) is 32.3 Å². The molecule has 1 saturated heterocycles. The summed E-state index contributed by atoms with van der Waals surface area (Å²) in [6, 6.07) is 3.45. The molecule has 0 radical (unpaired) electrons. The van der Waals surface area contributed by atoms with Crippen molar-refractivity contribution < 1.29 is 14.3 Å². The maximum Gasteiger partial charge on any atom is 0.258 e. The summed E-state index contributed by atoms with van der Waals surface area (Å²) in [5, 5.41) is 0. The lowest BCUT2D eigenvalue weighted by molar-refractivity contribution is -0.132. The van der Waals surface area contributed by atoms with Gasteiger partial charge in [-0.05, 0) is 12.1 Å². The quantitative estimate of drug-likeness (QED) is 0.847. The van der Waals surface area contributed by atoms with Gasteiger partial charge in [-0.1, -0.05) is 6.92 Å². The van der Waals surface area contributed by atoms with Gasteiger partial charge in [0.15, 0.2) is 0 Å². The lowest BCUT2D eigenvalue weighted by Crippen LogP contribution is -2.41. The number of ether oxygens (including phenoxy) is 1. The number of hydrogen-bond acceptors (Lipinski definition) is 4. The molecule has 120 valence electrons. The van der Waals surface area contributed by atoms with Crippen molar-refractivity contribution in [1.82, 2.24) is 14.8 Å². The first-order chi connectivity index (χ1) is 10.5. The summed E-state index contributed by atoms with van der Waals surface area (Å²) in [6.45, 7) is 3.26. The monoisotopic (exact) mass is 305 g/mol. The van der Waals surface area contributed by atoms with Gasteiger partial charge in [0.2, 0.25) is 11.8 Å². The minimum atomic E-state index is -0.123. The topological polar surface area (TPSA) is 62.7 Å². The van der Waals surface area contributed by atoms with E-state index in [9.17, 15) is 9.59 Å². The molecule has 0 N–H and O–H groups in total. The molecule has 1 aliphatic heterocycles. The van der Waals surface area contributed by atoms with Crippen LogP contribution in [-0.4, -0.2) is 59.9 Å². The molecule has 2 heterocycles. The first kappa shape index (κ1) is 16.3. The fourth-order valence-corrected chi connectivity index (χ4v) is 2.49. The molecule has 0 saturated carbocycles. The maximum absolute atomic E-state index is 12.1. The van der Waals surface area contributed by atoms with Crippen molar-refractivity contribution in [2.75, 3.05) is 27.2 Å². The summed E-state index contributed by atoms with van der Waals surface area (Å²) >= 11 is 0. The Morgan fingerprint density at radius 3 is 2.64 bits per heavy atom. The standard InChI is InChI=1S/C16H23N3O3/c1-4-14(20)19-10-7-12(8-11-19)22-15-13(6-5-9-17-15)16(21)18(2)3/h5-6,9,12H,4,7-8,10-11H2,1-3H3. The van der Waals surface area contributed by atoms with Gasteiger partial charge in [0.25, 0.3) is 5.91 Å². The molecule has 1 aromatic rings. The Labute approximate surface area is 131 Å². The van der Waals surface area contributed by atoms with E-state index in [0.717, 1.165) is 12.8 Å². The van der Waals surface area contributed by atoms with E-state index in [1.54, 1.807) is 32.4 Å². The number of piperidine rings is 1. The van der Waals surface area contributed by atoms with Crippen molar-refractivity contribution in [2.24, 2.45) is 0 Å². The third-order valence-electron chi connectivity index (χ3n) is 3.78. The van der Waals surface area contributed by atoms with Gasteiger partial charge in [0, 0.05) is 52.6 Å². The summed E-state index contributed by atoms with van der Waals surface area (Å²) in [5.41, 5.74) is 0.472. The Hall–Kier alpha value is -2.11. The third-order valence-corrected chi connectivity index (χ3v) is 3.78. The molecule has 2 amide bonds. The van der Waals surface area contributed by atoms with Crippen molar-refractivity contribution in [3.8, 4) is 5.88 Å². The van der Waals surface area contributed by atoms with Crippen LogP contribution in [0.3, 0.4) is 0 Å². The number of carbonyl (C=O) groups excluding carboxylic acids is 2. The summed E-state index contributed by atoms with van der Waals surface area (Å²) in [5.74, 6) is 0.433. The molecule has 22 heavy (non-hydrogen) atoms. The Morgan fingerprint density at radius 2 is 2.05 bits per heavy atom. The molecular weight excluding hydrogens is 282 g/mol. The molecule has 1 fully saturated rings. The Bertz CT molecular complexity index is 537. The predicted octanol–water partition coefficient (Wildman–Crippen LogP) is 1.56. The van der Waals surface area contributed by atoms with E-state index in [1.807, 2.05) is 11.8 Å². The molecule has 2 rings (SSSR count). The molecule has 0 unspecified atom stereocenters. The number of carbonyl (C=O) groups is 2. The van der Waals surface area contributed by atoms with Crippen molar-refractivity contribution in [3.05, 3.63) is 23.9 Å². The van der Waals surface area contributed by atoms with Crippen LogP contribution in [-0.2, 0) is 4.79 Å². The van der Waals surface area contributed by atoms with Crippen LogP contribution in [0.25, 0.3) is 0 Å². The smallest absolute Gasteiger partial charge is 0.258 e. The number of hydrogen-bond donors (Lipinski definition) is 0. The van der Waals surface area contributed by atoms with Crippen molar-refractivity contribution >= 4 is 11.8 Å². The zero-order valence-electron chi connectivity index (χ0n) is 13.4. The highest BCUT2D eigenvalue weighted by Crippen LogP contribution is 2.21. The van der Waals surface area contributed by atoms with Crippen LogP contribution in [0.5, 0.6) is 5.88 Å². The highest BCUT2D eigenvalue weighted by Gasteiger charge is 2.25. The van der Waals surface area contributed by atoms with E-state index in [0.29, 0.717) is 31.0 Å². The second-order valence-corrected chi connectivity index (χ2v) is 5.61. The van der Waals surface area contributed by atoms with Crippen molar-refractivity contribution in [3.63, 3.8) is 0 Å². The van der Waals surface area contributed by atoms with Gasteiger partial charge >= 0.3 is 0 Å². The van der Waals surface area contributed by atoms with Crippen LogP contribution in [0, 0.1) is 0 Å².